The first-order valence-corrected chi connectivity index (χ1v) is 11.0. The van der Waals surface area contributed by atoms with Gasteiger partial charge in [-0.3, -0.25) is 4.79 Å². The molecule has 1 atom stereocenters. The molecule has 1 aliphatic rings. The first kappa shape index (κ1) is 20.6. The normalized spacial score (nSPS) is 17.8. The lowest BCUT2D eigenvalue weighted by molar-refractivity contribution is -0.126. The summed E-state index contributed by atoms with van der Waals surface area (Å²) in [7, 11) is -3.64. The van der Waals surface area contributed by atoms with Crippen LogP contribution in [0, 0.1) is 5.92 Å². The Labute approximate surface area is 170 Å². The molecule has 1 saturated heterocycles. The summed E-state index contributed by atoms with van der Waals surface area (Å²) in [5, 5.41) is 3.32. The predicted octanol–water partition coefficient (Wildman–Crippen LogP) is 2.94. The van der Waals surface area contributed by atoms with Crippen molar-refractivity contribution in [3.05, 3.63) is 59.6 Å². The molecule has 0 radical (unpaired) electrons. The van der Waals surface area contributed by atoms with Crippen LogP contribution in [-0.4, -0.2) is 44.9 Å². The SMILES string of the molecule is O=C(NCCOc1ccccc1)C1CCCN(S(=O)(=O)c2ccc(Cl)cc2)C1. The second kappa shape index (κ2) is 9.41. The number of nitrogens with one attached hydrogen (secondary N) is 1. The van der Waals surface area contributed by atoms with E-state index in [0.29, 0.717) is 37.6 Å². The van der Waals surface area contributed by atoms with E-state index in [0.717, 1.165) is 5.75 Å². The highest BCUT2D eigenvalue weighted by molar-refractivity contribution is 7.89. The van der Waals surface area contributed by atoms with Crippen LogP contribution in [0.15, 0.2) is 59.5 Å². The molecule has 150 valence electrons. The monoisotopic (exact) mass is 422 g/mol. The molecule has 1 aliphatic heterocycles. The van der Waals surface area contributed by atoms with Gasteiger partial charge in [0.1, 0.15) is 12.4 Å². The third-order valence-corrected chi connectivity index (χ3v) is 6.75. The number of halogens is 1. The van der Waals surface area contributed by atoms with Gasteiger partial charge in [0.15, 0.2) is 0 Å². The highest BCUT2D eigenvalue weighted by atomic mass is 35.5. The molecule has 0 bridgehead atoms. The van der Waals surface area contributed by atoms with Crippen LogP contribution in [0.4, 0.5) is 0 Å². The molecule has 1 fully saturated rings. The Hall–Kier alpha value is -2.09. The Bertz CT molecular complexity index is 888. The lowest BCUT2D eigenvalue weighted by Crippen LogP contribution is -2.45. The Morgan fingerprint density at radius 2 is 1.86 bits per heavy atom. The van der Waals surface area contributed by atoms with Crippen LogP contribution in [0.2, 0.25) is 5.02 Å². The zero-order chi connectivity index (χ0) is 20.0. The van der Waals surface area contributed by atoms with Gasteiger partial charge in [-0.25, -0.2) is 8.42 Å². The van der Waals surface area contributed by atoms with Crippen molar-refractivity contribution in [2.45, 2.75) is 17.7 Å². The van der Waals surface area contributed by atoms with Crippen LogP contribution in [-0.2, 0) is 14.8 Å². The van der Waals surface area contributed by atoms with Crippen LogP contribution in [0.5, 0.6) is 5.75 Å². The minimum absolute atomic E-state index is 0.146. The van der Waals surface area contributed by atoms with Crippen molar-refractivity contribution in [2.75, 3.05) is 26.2 Å². The summed E-state index contributed by atoms with van der Waals surface area (Å²) in [6, 6.07) is 15.4. The number of carbonyl (C=O) groups excluding carboxylic acids is 1. The maximum atomic E-state index is 12.8. The van der Waals surface area contributed by atoms with Gasteiger partial charge in [0.2, 0.25) is 15.9 Å². The van der Waals surface area contributed by atoms with Gasteiger partial charge in [-0.05, 0) is 49.2 Å². The number of rotatable bonds is 7. The molecular weight excluding hydrogens is 400 g/mol. The summed E-state index contributed by atoms with van der Waals surface area (Å²) in [5.74, 6) is 0.231. The second-order valence-corrected chi connectivity index (χ2v) is 8.98. The number of ether oxygens (including phenoxy) is 1. The second-order valence-electron chi connectivity index (χ2n) is 6.61. The molecule has 8 heteroatoms. The van der Waals surface area contributed by atoms with Gasteiger partial charge < -0.3 is 10.1 Å². The molecule has 2 aromatic rings. The predicted molar refractivity (Wildman–Crippen MR) is 108 cm³/mol. The summed E-state index contributed by atoms with van der Waals surface area (Å²) in [4.78, 5) is 12.6. The average molecular weight is 423 g/mol. The first-order valence-electron chi connectivity index (χ1n) is 9.18. The number of para-hydroxylation sites is 1. The van der Waals surface area contributed by atoms with Gasteiger partial charge in [0.05, 0.1) is 17.4 Å². The molecule has 0 aromatic heterocycles. The third kappa shape index (κ3) is 5.25. The van der Waals surface area contributed by atoms with E-state index in [2.05, 4.69) is 5.32 Å². The van der Waals surface area contributed by atoms with Crippen molar-refractivity contribution in [2.24, 2.45) is 5.92 Å². The molecule has 6 nitrogen and oxygen atoms in total. The summed E-state index contributed by atoms with van der Waals surface area (Å²) in [6.45, 7) is 1.31. The zero-order valence-electron chi connectivity index (χ0n) is 15.4. The van der Waals surface area contributed by atoms with E-state index in [1.165, 1.54) is 16.4 Å². The Morgan fingerprint density at radius 1 is 1.14 bits per heavy atom. The average Bonchev–Trinajstić information content (AvgIpc) is 2.72. The van der Waals surface area contributed by atoms with Crippen molar-refractivity contribution in [1.29, 1.82) is 0 Å². The Balaban J connectivity index is 1.52. The fourth-order valence-corrected chi connectivity index (χ4v) is 4.78. The van der Waals surface area contributed by atoms with Crippen LogP contribution >= 0.6 is 11.6 Å². The van der Waals surface area contributed by atoms with Gasteiger partial charge in [0, 0.05) is 18.1 Å². The van der Waals surface area contributed by atoms with Gasteiger partial charge in [-0.2, -0.15) is 4.31 Å². The Kier molecular flexibility index (Phi) is 6.93. The van der Waals surface area contributed by atoms with Gasteiger partial charge in [0.25, 0.3) is 0 Å². The highest BCUT2D eigenvalue weighted by Gasteiger charge is 2.33. The quantitative estimate of drug-likeness (QED) is 0.696. The van der Waals surface area contributed by atoms with E-state index in [1.807, 2.05) is 30.3 Å². The molecular formula is C20H23ClN2O4S. The number of hydrogen-bond donors (Lipinski definition) is 1. The smallest absolute Gasteiger partial charge is 0.243 e. The standard InChI is InChI=1S/C20H23ClN2O4S/c21-17-8-10-19(11-9-17)28(25,26)23-13-4-5-16(15-23)20(24)22-12-14-27-18-6-2-1-3-7-18/h1-3,6-11,16H,4-5,12-15H2,(H,22,24). The number of benzene rings is 2. The van der Waals surface area contributed by atoms with Crippen molar-refractivity contribution in [1.82, 2.24) is 9.62 Å². The number of piperidine rings is 1. The summed E-state index contributed by atoms with van der Waals surface area (Å²) < 4.78 is 32.6. The van der Waals surface area contributed by atoms with E-state index in [-0.39, 0.29) is 23.3 Å². The minimum atomic E-state index is -3.64. The lowest BCUT2D eigenvalue weighted by Gasteiger charge is -2.31. The van der Waals surface area contributed by atoms with E-state index in [1.54, 1.807) is 12.1 Å². The van der Waals surface area contributed by atoms with Crippen LogP contribution in [0.3, 0.4) is 0 Å². The zero-order valence-corrected chi connectivity index (χ0v) is 17.0. The van der Waals surface area contributed by atoms with Crippen LogP contribution in [0.1, 0.15) is 12.8 Å². The molecule has 2 aromatic carbocycles. The van der Waals surface area contributed by atoms with Crippen LogP contribution in [0.25, 0.3) is 0 Å². The molecule has 3 rings (SSSR count). The first-order chi connectivity index (χ1) is 13.5. The topological polar surface area (TPSA) is 75.7 Å². The van der Waals surface area contributed by atoms with Gasteiger partial charge in [-0.15, -0.1) is 0 Å². The van der Waals surface area contributed by atoms with Crippen molar-refractivity contribution in [3.63, 3.8) is 0 Å². The summed E-state index contributed by atoms with van der Waals surface area (Å²) in [5.41, 5.74) is 0. The molecule has 1 N–H and O–H groups in total. The number of hydrogen-bond acceptors (Lipinski definition) is 4. The van der Waals surface area contributed by atoms with E-state index in [4.69, 9.17) is 16.3 Å². The summed E-state index contributed by atoms with van der Waals surface area (Å²) in [6.07, 6.45) is 1.31. The van der Waals surface area contributed by atoms with Crippen LogP contribution < -0.4 is 10.1 Å². The van der Waals surface area contributed by atoms with E-state index < -0.39 is 10.0 Å². The number of carbonyl (C=O) groups is 1. The molecule has 1 heterocycles. The molecule has 28 heavy (non-hydrogen) atoms. The highest BCUT2D eigenvalue weighted by Crippen LogP contribution is 2.24. The minimum Gasteiger partial charge on any atom is -0.492 e. The Morgan fingerprint density at radius 3 is 2.57 bits per heavy atom. The molecule has 1 unspecified atom stereocenters. The number of sulfonamides is 1. The maximum Gasteiger partial charge on any atom is 0.243 e. The number of amides is 1. The molecule has 0 saturated carbocycles. The van der Waals surface area contributed by atoms with E-state index in [9.17, 15) is 13.2 Å². The third-order valence-electron chi connectivity index (χ3n) is 4.62. The largest absolute Gasteiger partial charge is 0.492 e. The molecule has 0 aliphatic carbocycles. The summed E-state index contributed by atoms with van der Waals surface area (Å²) >= 11 is 5.84. The fourth-order valence-electron chi connectivity index (χ4n) is 3.13. The number of nitrogens with zero attached hydrogens (tertiary/aromatic N) is 1. The van der Waals surface area contributed by atoms with Crippen molar-refractivity contribution < 1.29 is 17.9 Å². The van der Waals surface area contributed by atoms with E-state index >= 15 is 0 Å². The maximum absolute atomic E-state index is 12.8. The van der Waals surface area contributed by atoms with Crippen molar-refractivity contribution in [3.8, 4) is 5.75 Å². The van der Waals surface area contributed by atoms with Crippen molar-refractivity contribution >= 4 is 27.5 Å². The molecule has 1 amide bonds. The van der Waals surface area contributed by atoms with Gasteiger partial charge in [-0.1, -0.05) is 29.8 Å². The lowest BCUT2D eigenvalue weighted by atomic mass is 9.99. The molecule has 0 spiro atoms. The fraction of sp³-hybridized carbons (Fsp3) is 0.350. The van der Waals surface area contributed by atoms with Gasteiger partial charge >= 0.3 is 0 Å².